The predicted molar refractivity (Wildman–Crippen MR) is 72.4 cm³/mol. The van der Waals surface area contributed by atoms with Gasteiger partial charge in [0, 0.05) is 5.92 Å². The third-order valence-corrected chi connectivity index (χ3v) is 3.64. The van der Waals surface area contributed by atoms with Gasteiger partial charge in [-0.25, -0.2) is 4.79 Å². The highest BCUT2D eigenvalue weighted by Crippen LogP contribution is 2.24. The average molecular weight is 260 g/mol. The Kier molecular flexibility index (Phi) is 5.13. The first-order valence-electron chi connectivity index (χ1n) is 7.02. The van der Waals surface area contributed by atoms with E-state index in [1.54, 1.807) is 0 Å². The van der Waals surface area contributed by atoms with Gasteiger partial charge in [0.1, 0.15) is 6.61 Å². The third kappa shape index (κ3) is 4.19. The van der Waals surface area contributed by atoms with Crippen LogP contribution in [0.1, 0.15) is 44.1 Å². The first-order chi connectivity index (χ1) is 9.27. The van der Waals surface area contributed by atoms with Crippen molar-refractivity contribution in [1.82, 2.24) is 0 Å². The van der Waals surface area contributed by atoms with Gasteiger partial charge in [-0.3, -0.25) is 4.79 Å². The number of benzene rings is 1. The zero-order valence-electron chi connectivity index (χ0n) is 11.1. The van der Waals surface area contributed by atoms with Crippen molar-refractivity contribution in [3.8, 4) is 0 Å². The van der Waals surface area contributed by atoms with E-state index >= 15 is 0 Å². The van der Waals surface area contributed by atoms with Crippen LogP contribution in [0.25, 0.3) is 0 Å². The van der Waals surface area contributed by atoms with E-state index < -0.39 is 5.97 Å². The number of carbonyl (C=O) groups excluding carboxylic acids is 2. The maximum atomic E-state index is 12.0. The summed E-state index contributed by atoms with van der Waals surface area (Å²) in [6.07, 6.45) is 6.09. The summed E-state index contributed by atoms with van der Waals surface area (Å²) in [4.78, 5) is 23.8. The van der Waals surface area contributed by atoms with Crippen molar-refractivity contribution in [3.63, 3.8) is 0 Å². The molecule has 0 radical (unpaired) electrons. The van der Waals surface area contributed by atoms with Gasteiger partial charge in [0.15, 0.2) is 0 Å². The molecule has 1 fully saturated rings. The van der Waals surface area contributed by atoms with Crippen LogP contribution in [-0.2, 0) is 20.9 Å². The van der Waals surface area contributed by atoms with Crippen LogP contribution in [0.2, 0.25) is 0 Å². The number of rotatable bonds is 4. The Morgan fingerprint density at radius 2 is 1.63 bits per heavy atom. The Morgan fingerprint density at radius 1 is 1.00 bits per heavy atom. The van der Waals surface area contributed by atoms with E-state index in [4.69, 9.17) is 4.74 Å². The molecule has 0 bridgehead atoms. The second kappa shape index (κ2) is 7.07. The van der Waals surface area contributed by atoms with Crippen molar-refractivity contribution in [2.75, 3.05) is 0 Å². The van der Waals surface area contributed by atoms with E-state index in [0.717, 1.165) is 31.2 Å². The standard InChI is InChI=1S/C16H20O3/c17-15(14-10-6-1-2-7-11-14)16(18)19-12-13-8-4-3-5-9-13/h3-5,8-9,14H,1-2,6-7,10-12H2. The number of hydrogen-bond donors (Lipinski definition) is 0. The molecule has 1 aromatic rings. The fourth-order valence-electron chi connectivity index (χ4n) is 2.50. The SMILES string of the molecule is O=C(OCc1ccccc1)C(=O)C1CCCCCC1. The summed E-state index contributed by atoms with van der Waals surface area (Å²) < 4.78 is 5.10. The molecular weight excluding hydrogens is 240 g/mol. The Bertz CT molecular complexity index is 417. The van der Waals surface area contributed by atoms with Crippen molar-refractivity contribution < 1.29 is 14.3 Å². The molecule has 19 heavy (non-hydrogen) atoms. The third-order valence-electron chi connectivity index (χ3n) is 3.64. The van der Waals surface area contributed by atoms with Gasteiger partial charge < -0.3 is 4.74 Å². The van der Waals surface area contributed by atoms with Crippen molar-refractivity contribution in [1.29, 1.82) is 0 Å². The highest BCUT2D eigenvalue weighted by molar-refractivity contribution is 6.34. The summed E-state index contributed by atoms with van der Waals surface area (Å²) in [6.45, 7) is 0.179. The van der Waals surface area contributed by atoms with Gasteiger partial charge >= 0.3 is 5.97 Å². The minimum atomic E-state index is -0.671. The Labute approximate surface area is 114 Å². The first-order valence-corrected chi connectivity index (χ1v) is 7.02. The minimum absolute atomic E-state index is 0.120. The molecule has 1 aliphatic rings. The zero-order chi connectivity index (χ0) is 13.5. The molecule has 0 saturated heterocycles. The molecule has 0 heterocycles. The number of carbonyl (C=O) groups is 2. The normalized spacial score (nSPS) is 16.6. The maximum absolute atomic E-state index is 12.0. The number of ether oxygens (including phenoxy) is 1. The fourth-order valence-corrected chi connectivity index (χ4v) is 2.50. The molecule has 1 aromatic carbocycles. The largest absolute Gasteiger partial charge is 0.455 e. The molecule has 1 saturated carbocycles. The van der Waals surface area contributed by atoms with Gasteiger partial charge in [-0.15, -0.1) is 0 Å². The molecular formula is C16H20O3. The van der Waals surface area contributed by atoms with E-state index in [1.807, 2.05) is 30.3 Å². The van der Waals surface area contributed by atoms with Crippen LogP contribution >= 0.6 is 0 Å². The second-order valence-electron chi connectivity index (χ2n) is 5.11. The monoisotopic (exact) mass is 260 g/mol. The zero-order valence-corrected chi connectivity index (χ0v) is 11.1. The summed E-state index contributed by atoms with van der Waals surface area (Å²) in [5, 5.41) is 0. The van der Waals surface area contributed by atoms with E-state index in [0.29, 0.717) is 0 Å². The number of Topliss-reactive ketones (excluding diaryl/α,β-unsaturated/α-hetero) is 1. The summed E-state index contributed by atoms with van der Waals surface area (Å²) in [5.74, 6) is -1.13. The number of ketones is 1. The number of esters is 1. The molecule has 0 unspecified atom stereocenters. The summed E-state index contributed by atoms with van der Waals surface area (Å²) >= 11 is 0. The average Bonchev–Trinajstić information content (AvgIpc) is 2.74. The van der Waals surface area contributed by atoms with Gasteiger partial charge in [-0.05, 0) is 18.4 Å². The van der Waals surface area contributed by atoms with Crippen LogP contribution in [-0.4, -0.2) is 11.8 Å². The van der Waals surface area contributed by atoms with Crippen LogP contribution in [0.4, 0.5) is 0 Å². The Hall–Kier alpha value is -1.64. The van der Waals surface area contributed by atoms with Crippen molar-refractivity contribution in [2.24, 2.45) is 5.92 Å². The lowest BCUT2D eigenvalue weighted by Gasteiger charge is -2.11. The maximum Gasteiger partial charge on any atom is 0.375 e. The molecule has 0 amide bonds. The lowest BCUT2D eigenvalue weighted by Crippen LogP contribution is -2.25. The van der Waals surface area contributed by atoms with Gasteiger partial charge in [0.2, 0.25) is 5.78 Å². The lowest BCUT2D eigenvalue weighted by molar-refractivity contribution is -0.156. The quantitative estimate of drug-likeness (QED) is 0.474. The van der Waals surface area contributed by atoms with E-state index in [9.17, 15) is 9.59 Å². The summed E-state index contributed by atoms with van der Waals surface area (Å²) in [6, 6.07) is 9.43. The smallest absolute Gasteiger partial charge is 0.375 e. The van der Waals surface area contributed by atoms with Crippen molar-refractivity contribution in [2.45, 2.75) is 45.1 Å². The molecule has 0 atom stereocenters. The van der Waals surface area contributed by atoms with Crippen LogP contribution < -0.4 is 0 Å². The molecule has 102 valence electrons. The van der Waals surface area contributed by atoms with Crippen LogP contribution in [0.5, 0.6) is 0 Å². The van der Waals surface area contributed by atoms with E-state index in [-0.39, 0.29) is 18.3 Å². The molecule has 0 aromatic heterocycles. The van der Waals surface area contributed by atoms with E-state index in [2.05, 4.69) is 0 Å². The second-order valence-corrected chi connectivity index (χ2v) is 5.11. The molecule has 1 aliphatic carbocycles. The minimum Gasteiger partial charge on any atom is -0.455 e. The van der Waals surface area contributed by atoms with Crippen molar-refractivity contribution >= 4 is 11.8 Å². The number of hydrogen-bond acceptors (Lipinski definition) is 3. The van der Waals surface area contributed by atoms with Crippen molar-refractivity contribution in [3.05, 3.63) is 35.9 Å². The fraction of sp³-hybridized carbons (Fsp3) is 0.500. The predicted octanol–water partition coefficient (Wildman–Crippen LogP) is 3.27. The van der Waals surface area contributed by atoms with Gasteiger partial charge in [0.05, 0.1) is 0 Å². The van der Waals surface area contributed by atoms with Gasteiger partial charge in [-0.2, -0.15) is 0 Å². The molecule has 3 heteroatoms. The van der Waals surface area contributed by atoms with E-state index in [1.165, 1.54) is 12.8 Å². The van der Waals surface area contributed by atoms with Gasteiger partial charge in [-0.1, -0.05) is 56.0 Å². The highest BCUT2D eigenvalue weighted by atomic mass is 16.5. The molecule has 0 N–H and O–H groups in total. The van der Waals surface area contributed by atoms with Gasteiger partial charge in [0.25, 0.3) is 0 Å². The lowest BCUT2D eigenvalue weighted by atomic mass is 9.95. The summed E-state index contributed by atoms with van der Waals surface area (Å²) in [5.41, 5.74) is 0.907. The van der Waals surface area contributed by atoms with Crippen LogP contribution in [0.3, 0.4) is 0 Å². The molecule has 3 nitrogen and oxygen atoms in total. The summed E-state index contributed by atoms with van der Waals surface area (Å²) in [7, 11) is 0. The first kappa shape index (κ1) is 13.8. The Morgan fingerprint density at radius 3 is 2.26 bits per heavy atom. The molecule has 0 aliphatic heterocycles. The highest BCUT2D eigenvalue weighted by Gasteiger charge is 2.27. The van der Waals surface area contributed by atoms with Crippen LogP contribution in [0, 0.1) is 5.92 Å². The van der Waals surface area contributed by atoms with Crippen LogP contribution in [0.15, 0.2) is 30.3 Å². The topological polar surface area (TPSA) is 43.4 Å². The Balaban J connectivity index is 1.83. The molecule has 2 rings (SSSR count). The molecule has 0 spiro atoms.